The Morgan fingerprint density at radius 3 is 2.94 bits per heavy atom. The molecule has 0 aliphatic heterocycles. The predicted molar refractivity (Wildman–Crippen MR) is 72.5 cm³/mol. The summed E-state index contributed by atoms with van der Waals surface area (Å²) in [6.45, 7) is 5.03. The zero-order valence-electron chi connectivity index (χ0n) is 10.6. The van der Waals surface area contributed by atoms with Gasteiger partial charge in [-0.2, -0.15) is 0 Å². The van der Waals surface area contributed by atoms with Crippen molar-refractivity contribution < 1.29 is 9.90 Å². The van der Waals surface area contributed by atoms with Crippen LogP contribution in [0.3, 0.4) is 0 Å². The van der Waals surface area contributed by atoms with E-state index in [4.69, 9.17) is 5.11 Å². The number of aliphatic hydroxyl groups excluding tert-OH is 1. The average molecular weight is 263 g/mol. The molecule has 1 amide bonds. The molecule has 1 aliphatic rings. The summed E-state index contributed by atoms with van der Waals surface area (Å²) in [5.41, 5.74) is 0.389. The number of rotatable bonds is 3. The fourth-order valence-corrected chi connectivity index (χ4v) is 2.68. The molecule has 0 spiro atoms. The molecule has 2 N–H and O–H groups in total. The van der Waals surface area contributed by atoms with E-state index in [0.29, 0.717) is 16.2 Å². The molecule has 1 unspecified atom stereocenters. The lowest BCUT2D eigenvalue weighted by Crippen LogP contribution is -2.25. The summed E-state index contributed by atoms with van der Waals surface area (Å²) in [5, 5.41) is 11.6. The van der Waals surface area contributed by atoms with Gasteiger partial charge in [-0.05, 0) is 29.9 Å². The molecule has 1 heterocycles. The number of hydrogen-bond acceptors (Lipinski definition) is 3. The second-order valence-corrected chi connectivity index (χ2v) is 6.31. The van der Waals surface area contributed by atoms with Crippen LogP contribution in [0.25, 0.3) is 0 Å². The highest BCUT2D eigenvalue weighted by Crippen LogP contribution is 2.50. The van der Waals surface area contributed by atoms with Crippen molar-refractivity contribution in [2.45, 2.75) is 20.3 Å². The highest BCUT2D eigenvalue weighted by atomic mass is 32.1. The van der Waals surface area contributed by atoms with Gasteiger partial charge in [0.25, 0.3) is 5.91 Å². The third-order valence-electron chi connectivity index (χ3n) is 3.35. The van der Waals surface area contributed by atoms with Crippen molar-refractivity contribution in [3.8, 4) is 11.8 Å². The summed E-state index contributed by atoms with van der Waals surface area (Å²) in [5.74, 6) is 5.95. The molecule has 1 aromatic heterocycles. The minimum atomic E-state index is -0.157. The molecule has 0 aromatic carbocycles. The fraction of sp³-hybridized carbons (Fsp3) is 0.500. The first kappa shape index (κ1) is 13.1. The van der Waals surface area contributed by atoms with Crippen molar-refractivity contribution in [1.29, 1.82) is 0 Å². The van der Waals surface area contributed by atoms with E-state index < -0.39 is 0 Å². The van der Waals surface area contributed by atoms with Crippen LogP contribution in [0.1, 0.15) is 34.8 Å². The van der Waals surface area contributed by atoms with E-state index in [0.717, 1.165) is 11.4 Å². The van der Waals surface area contributed by atoms with Gasteiger partial charge in [-0.15, -0.1) is 11.3 Å². The minimum absolute atomic E-state index is 0.0280. The Balaban J connectivity index is 1.87. The number of thiophene rings is 1. The largest absolute Gasteiger partial charge is 0.384 e. The second kappa shape index (κ2) is 5.13. The fourth-order valence-electron chi connectivity index (χ4n) is 1.88. The number of nitrogens with one attached hydrogen (secondary N) is 1. The van der Waals surface area contributed by atoms with Crippen LogP contribution in [-0.4, -0.2) is 24.2 Å². The SMILES string of the molecule is CC1(C)CC1CNC(=O)c1ccc(C#CCO)s1. The van der Waals surface area contributed by atoms with Crippen molar-refractivity contribution in [2.24, 2.45) is 11.3 Å². The topological polar surface area (TPSA) is 49.3 Å². The van der Waals surface area contributed by atoms with Gasteiger partial charge >= 0.3 is 0 Å². The summed E-state index contributed by atoms with van der Waals surface area (Å²) in [6, 6.07) is 3.59. The Morgan fingerprint density at radius 1 is 1.61 bits per heavy atom. The van der Waals surface area contributed by atoms with Crippen LogP contribution in [0.2, 0.25) is 0 Å². The van der Waals surface area contributed by atoms with Crippen molar-refractivity contribution in [2.75, 3.05) is 13.2 Å². The van der Waals surface area contributed by atoms with Gasteiger partial charge in [-0.1, -0.05) is 25.7 Å². The van der Waals surface area contributed by atoms with Crippen molar-refractivity contribution in [1.82, 2.24) is 5.32 Å². The van der Waals surface area contributed by atoms with Crippen LogP contribution in [0, 0.1) is 23.2 Å². The third-order valence-corrected chi connectivity index (χ3v) is 4.35. The first-order valence-electron chi connectivity index (χ1n) is 6.01. The lowest BCUT2D eigenvalue weighted by atomic mass is 10.1. The summed E-state index contributed by atoms with van der Waals surface area (Å²) in [6.07, 6.45) is 1.19. The van der Waals surface area contributed by atoms with E-state index in [1.54, 1.807) is 6.07 Å². The monoisotopic (exact) mass is 263 g/mol. The lowest BCUT2D eigenvalue weighted by Gasteiger charge is -2.04. The molecule has 1 atom stereocenters. The highest BCUT2D eigenvalue weighted by Gasteiger charge is 2.45. The van der Waals surface area contributed by atoms with Crippen molar-refractivity contribution >= 4 is 17.2 Å². The zero-order chi connectivity index (χ0) is 13.2. The average Bonchev–Trinajstić information content (AvgIpc) is 2.77. The molecule has 1 aliphatic carbocycles. The molecule has 0 radical (unpaired) electrons. The lowest BCUT2D eigenvalue weighted by molar-refractivity contribution is 0.0954. The van der Waals surface area contributed by atoms with Gasteiger partial charge in [0.2, 0.25) is 0 Å². The smallest absolute Gasteiger partial charge is 0.261 e. The molecule has 96 valence electrons. The molecular formula is C14H17NO2S. The number of aliphatic hydroxyl groups is 1. The third kappa shape index (κ3) is 3.12. The number of carbonyl (C=O) groups excluding carboxylic acids is 1. The summed E-state index contributed by atoms with van der Waals surface area (Å²) >= 11 is 1.36. The van der Waals surface area contributed by atoms with Crippen LogP contribution in [-0.2, 0) is 0 Å². The van der Waals surface area contributed by atoms with Gasteiger partial charge in [-0.25, -0.2) is 0 Å². The highest BCUT2D eigenvalue weighted by molar-refractivity contribution is 7.14. The van der Waals surface area contributed by atoms with Gasteiger partial charge in [-0.3, -0.25) is 4.79 Å². The van der Waals surface area contributed by atoms with Crippen LogP contribution in [0.15, 0.2) is 12.1 Å². The number of amides is 1. The molecule has 1 aromatic rings. The van der Waals surface area contributed by atoms with Gasteiger partial charge in [0.1, 0.15) is 6.61 Å². The van der Waals surface area contributed by atoms with Crippen LogP contribution >= 0.6 is 11.3 Å². The first-order valence-corrected chi connectivity index (χ1v) is 6.82. The van der Waals surface area contributed by atoms with E-state index in [9.17, 15) is 4.79 Å². The van der Waals surface area contributed by atoms with Gasteiger partial charge < -0.3 is 10.4 Å². The molecule has 2 rings (SSSR count). The predicted octanol–water partition coefficient (Wildman–Crippen LogP) is 1.87. The summed E-state index contributed by atoms with van der Waals surface area (Å²) < 4.78 is 0. The molecule has 1 fully saturated rings. The molecular weight excluding hydrogens is 246 g/mol. The van der Waals surface area contributed by atoms with Crippen molar-refractivity contribution in [3.63, 3.8) is 0 Å². The Morgan fingerprint density at radius 2 is 2.33 bits per heavy atom. The standard InChI is InChI=1S/C14H17NO2S/c1-14(2)8-10(14)9-15-13(17)12-6-5-11(18-12)4-3-7-16/h5-6,10,16H,7-9H2,1-2H3,(H,15,17). The number of carbonyl (C=O) groups is 1. The molecule has 3 nitrogen and oxygen atoms in total. The summed E-state index contributed by atoms with van der Waals surface area (Å²) in [4.78, 5) is 13.4. The maximum Gasteiger partial charge on any atom is 0.261 e. The van der Waals surface area contributed by atoms with E-state index >= 15 is 0 Å². The molecule has 1 saturated carbocycles. The number of hydrogen-bond donors (Lipinski definition) is 2. The zero-order valence-corrected chi connectivity index (χ0v) is 11.4. The second-order valence-electron chi connectivity index (χ2n) is 5.22. The van der Waals surface area contributed by atoms with Crippen LogP contribution in [0.5, 0.6) is 0 Å². The van der Waals surface area contributed by atoms with E-state index in [-0.39, 0.29) is 12.5 Å². The van der Waals surface area contributed by atoms with E-state index in [2.05, 4.69) is 31.0 Å². The van der Waals surface area contributed by atoms with Gasteiger partial charge in [0.15, 0.2) is 0 Å². The molecule has 18 heavy (non-hydrogen) atoms. The Kier molecular flexibility index (Phi) is 3.74. The molecule has 4 heteroatoms. The Bertz CT molecular complexity index is 507. The summed E-state index contributed by atoms with van der Waals surface area (Å²) in [7, 11) is 0. The van der Waals surface area contributed by atoms with Crippen LogP contribution < -0.4 is 5.32 Å². The normalized spacial score (nSPS) is 19.8. The Labute approximate surface area is 111 Å². The van der Waals surface area contributed by atoms with Crippen molar-refractivity contribution in [3.05, 3.63) is 21.9 Å². The van der Waals surface area contributed by atoms with E-state index in [1.165, 1.54) is 17.8 Å². The Hall–Kier alpha value is -1.31. The first-order chi connectivity index (χ1) is 8.53. The molecule has 0 saturated heterocycles. The van der Waals surface area contributed by atoms with Gasteiger partial charge in [0, 0.05) is 6.54 Å². The van der Waals surface area contributed by atoms with Gasteiger partial charge in [0.05, 0.1) is 9.75 Å². The maximum atomic E-state index is 11.9. The van der Waals surface area contributed by atoms with Crippen LogP contribution in [0.4, 0.5) is 0 Å². The maximum absolute atomic E-state index is 11.9. The minimum Gasteiger partial charge on any atom is -0.384 e. The molecule has 0 bridgehead atoms. The van der Waals surface area contributed by atoms with E-state index in [1.807, 2.05) is 6.07 Å². The quantitative estimate of drug-likeness (QED) is 0.818.